The molecule has 0 aromatic carbocycles. The van der Waals surface area contributed by atoms with E-state index in [1.807, 2.05) is 0 Å². The van der Waals surface area contributed by atoms with Crippen molar-refractivity contribution in [2.24, 2.45) is 0 Å². The van der Waals surface area contributed by atoms with Gasteiger partial charge in [0.15, 0.2) is 6.10 Å². The lowest BCUT2D eigenvalue weighted by atomic mass is 10.0. The summed E-state index contributed by atoms with van der Waals surface area (Å²) >= 11 is 0. The van der Waals surface area contributed by atoms with Crippen LogP contribution in [0.1, 0.15) is 297 Å². The van der Waals surface area contributed by atoms with Gasteiger partial charge in [-0.3, -0.25) is 14.4 Å². The second kappa shape index (κ2) is 51.5. The lowest BCUT2D eigenvalue weighted by Crippen LogP contribution is -2.30. The van der Waals surface area contributed by atoms with E-state index in [4.69, 9.17) is 14.2 Å². The second-order valence-corrected chi connectivity index (χ2v) is 18.5. The van der Waals surface area contributed by atoms with Gasteiger partial charge in [0.05, 0.1) is 0 Å². The van der Waals surface area contributed by atoms with Crippen LogP contribution < -0.4 is 0 Å². The fourth-order valence-corrected chi connectivity index (χ4v) is 8.02. The highest BCUT2D eigenvalue weighted by Crippen LogP contribution is 2.16. The fraction of sp³-hybridized carbons (Fsp3) is 0.875. The summed E-state index contributed by atoms with van der Waals surface area (Å²) in [5.74, 6) is -0.895. The third-order valence-electron chi connectivity index (χ3n) is 12.2. The quantitative estimate of drug-likeness (QED) is 0.0262. The van der Waals surface area contributed by atoms with Crippen LogP contribution >= 0.6 is 0 Å². The Balaban J connectivity index is 4.35. The number of carbonyl (C=O) groups excluding carboxylic acids is 3. The van der Waals surface area contributed by atoms with Crippen LogP contribution in [0, 0.1) is 0 Å². The summed E-state index contributed by atoms with van der Waals surface area (Å²) in [6, 6.07) is 0. The van der Waals surface area contributed by atoms with Gasteiger partial charge in [0.1, 0.15) is 13.2 Å². The van der Waals surface area contributed by atoms with Gasteiger partial charge in [-0.25, -0.2) is 0 Å². The number of hydrogen-bond donors (Lipinski definition) is 0. The van der Waals surface area contributed by atoms with Crippen molar-refractivity contribution in [3.05, 3.63) is 24.3 Å². The smallest absolute Gasteiger partial charge is 0.306 e. The van der Waals surface area contributed by atoms with Gasteiger partial charge in [0.25, 0.3) is 0 Å². The van der Waals surface area contributed by atoms with Crippen LogP contribution in [0.4, 0.5) is 0 Å². The third kappa shape index (κ3) is 48.9. The largest absolute Gasteiger partial charge is 0.462 e. The highest BCUT2D eigenvalue weighted by atomic mass is 16.6. The van der Waals surface area contributed by atoms with E-state index in [1.54, 1.807) is 0 Å². The number of carbonyl (C=O) groups is 3. The standard InChI is InChI=1S/C56H104O6/c1-4-7-10-13-16-19-22-25-27-28-29-32-34-37-40-43-46-49-55(58)61-52-53(51-60-54(57)48-45-42-39-36-33-30-24-21-18-15-12-9-6-3)62-56(59)50-47-44-41-38-35-31-26-23-20-17-14-11-8-5-2/h30-31,33,35,53H,4-29,32,34,36-52H2,1-3H3/b33-30-,35-31-. The Morgan fingerprint density at radius 3 is 0.823 bits per heavy atom. The number of unbranched alkanes of at least 4 members (excludes halogenated alkanes) is 35. The van der Waals surface area contributed by atoms with Gasteiger partial charge in [-0.2, -0.15) is 0 Å². The normalized spacial score (nSPS) is 12.1. The van der Waals surface area contributed by atoms with Crippen molar-refractivity contribution in [2.45, 2.75) is 303 Å². The van der Waals surface area contributed by atoms with Crippen LogP contribution in [0.3, 0.4) is 0 Å². The summed E-state index contributed by atoms with van der Waals surface area (Å²) < 4.78 is 16.8. The predicted octanol–water partition coefficient (Wildman–Crippen LogP) is 17.9. The molecule has 0 rings (SSSR count). The number of rotatable bonds is 50. The lowest BCUT2D eigenvalue weighted by molar-refractivity contribution is -0.167. The average molecular weight is 873 g/mol. The third-order valence-corrected chi connectivity index (χ3v) is 12.2. The summed E-state index contributed by atoms with van der Waals surface area (Å²) in [5, 5.41) is 0. The van der Waals surface area contributed by atoms with Gasteiger partial charge in [-0.1, -0.05) is 231 Å². The van der Waals surface area contributed by atoms with Crippen LogP contribution in [0.5, 0.6) is 0 Å². The molecule has 0 radical (unpaired) electrons. The van der Waals surface area contributed by atoms with Crippen molar-refractivity contribution < 1.29 is 28.6 Å². The molecule has 62 heavy (non-hydrogen) atoms. The Labute approximate surface area is 385 Å². The van der Waals surface area contributed by atoms with Crippen LogP contribution in [0.2, 0.25) is 0 Å². The van der Waals surface area contributed by atoms with E-state index in [0.29, 0.717) is 19.3 Å². The number of hydrogen-bond acceptors (Lipinski definition) is 6. The Kier molecular flexibility index (Phi) is 49.8. The molecule has 0 saturated carbocycles. The lowest BCUT2D eigenvalue weighted by Gasteiger charge is -2.18. The molecule has 0 fully saturated rings. The minimum absolute atomic E-state index is 0.0780. The molecule has 0 aliphatic heterocycles. The summed E-state index contributed by atoms with van der Waals surface area (Å²) in [7, 11) is 0. The first-order valence-electron chi connectivity index (χ1n) is 27.3. The Morgan fingerprint density at radius 2 is 0.532 bits per heavy atom. The molecular weight excluding hydrogens is 769 g/mol. The monoisotopic (exact) mass is 873 g/mol. The molecule has 6 heteroatoms. The summed E-state index contributed by atoms with van der Waals surface area (Å²) in [6.07, 6.45) is 58.8. The van der Waals surface area contributed by atoms with Crippen molar-refractivity contribution in [1.82, 2.24) is 0 Å². The Bertz CT molecular complexity index is 1000. The topological polar surface area (TPSA) is 78.9 Å². The molecule has 0 spiro atoms. The van der Waals surface area contributed by atoms with Gasteiger partial charge in [0, 0.05) is 19.3 Å². The highest BCUT2D eigenvalue weighted by Gasteiger charge is 2.19. The van der Waals surface area contributed by atoms with E-state index in [-0.39, 0.29) is 31.1 Å². The molecule has 0 amide bonds. The number of esters is 3. The van der Waals surface area contributed by atoms with E-state index in [0.717, 1.165) is 83.5 Å². The summed E-state index contributed by atoms with van der Waals surface area (Å²) in [6.45, 7) is 6.64. The molecule has 1 atom stereocenters. The molecule has 0 aliphatic carbocycles. The molecule has 1 unspecified atom stereocenters. The van der Waals surface area contributed by atoms with E-state index < -0.39 is 6.10 Å². The van der Waals surface area contributed by atoms with E-state index in [1.165, 1.54) is 173 Å². The number of ether oxygens (including phenoxy) is 3. The molecule has 0 N–H and O–H groups in total. The van der Waals surface area contributed by atoms with E-state index in [2.05, 4.69) is 45.1 Å². The summed E-state index contributed by atoms with van der Waals surface area (Å²) in [5.41, 5.74) is 0. The van der Waals surface area contributed by atoms with Crippen LogP contribution in [0.15, 0.2) is 24.3 Å². The molecule has 0 saturated heterocycles. The highest BCUT2D eigenvalue weighted by molar-refractivity contribution is 5.71. The van der Waals surface area contributed by atoms with Gasteiger partial charge in [0.2, 0.25) is 0 Å². The first kappa shape index (κ1) is 59.9. The van der Waals surface area contributed by atoms with Crippen molar-refractivity contribution in [1.29, 1.82) is 0 Å². The Morgan fingerprint density at radius 1 is 0.306 bits per heavy atom. The average Bonchev–Trinajstić information content (AvgIpc) is 3.27. The maximum atomic E-state index is 12.8. The predicted molar refractivity (Wildman–Crippen MR) is 266 cm³/mol. The van der Waals surface area contributed by atoms with Gasteiger partial charge in [-0.05, 0) is 70.6 Å². The van der Waals surface area contributed by atoms with Crippen molar-refractivity contribution in [3.8, 4) is 0 Å². The zero-order valence-corrected chi connectivity index (χ0v) is 41.7. The molecule has 0 aromatic rings. The molecule has 364 valence electrons. The van der Waals surface area contributed by atoms with Crippen molar-refractivity contribution >= 4 is 17.9 Å². The fourth-order valence-electron chi connectivity index (χ4n) is 8.02. The summed E-state index contributed by atoms with van der Waals surface area (Å²) in [4.78, 5) is 38.0. The maximum Gasteiger partial charge on any atom is 0.306 e. The van der Waals surface area contributed by atoms with Crippen LogP contribution in [0.25, 0.3) is 0 Å². The van der Waals surface area contributed by atoms with Crippen molar-refractivity contribution in [2.75, 3.05) is 13.2 Å². The zero-order valence-electron chi connectivity index (χ0n) is 41.7. The van der Waals surface area contributed by atoms with Gasteiger partial charge in [-0.15, -0.1) is 0 Å². The van der Waals surface area contributed by atoms with Gasteiger partial charge >= 0.3 is 17.9 Å². The molecule has 6 nitrogen and oxygen atoms in total. The van der Waals surface area contributed by atoms with E-state index in [9.17, 15) is 14.4 Å². The SMILES string of the molecule is CCCCCCCC/C=C\CCCCCC(=O)OCC(COC(=O)CCCCCCCCCCCCCCCCCCC)OC(=O)CCCCC/C=C\CCCCCCCCC. The van der Waals surface area contributed by atoms with Crippen LogP contribution in [-0.2, 0) is 28.6 Å². The molecular formula is C56H104O6. The molecule has 0 heterocycles. The van der Waals surface area contributed by atoms with Crippen LogP contribution in [-0.4, -0.2) is 37.2 Å². The van der Waals surface area contributed by atoms with Crippen molar-refractivity contribution in [3.63, 3.8) is 0 Å². The molecule has 0 bridgehead atoms. The number of allylic oxidation sites excluding steroid dienone is 4. The molecule has 0 aromatic heterocycles. The zero-order chi connectivity index (χ0) is 45.1. The first-order chi connectivity index (χ1) is 30.5. The maximum absolute atomic E-state index is 12.8. The van der Waals surface area contributed by atoms with Gasteiger partial charge < -0.3 is 14.2 Å². The molecule has 0 aliphatic rings. The first-order valence-corrected chi connectivity index (χ1v) is 27.3. The minimum atomic E-state index is -0.780. The Hall–Kier alpha value is -2.11. The second-order valence-electron chi connectivity index (χ2n) is 18.5. The minimum Gasteiger partial charge on any atom is -0.462 e. The van der Waals surface area contributed by atoms with E-state index >= 15 is 0 Å².